The van der Waals surface area contributed by atoms with Gasteiger partial charge in [0.25, 0.3) is 0 Å². The van der Waals surface area contributed by atoms with Crippen LogP contribution in [0.15, 0.2) is 29.2 Å². The predicted octanol–water partition coefficient (Wildman–Crippen LogP) is 2.09. The van der Waals surface area contributed by atoms with Gasteiger partial charge in [0.15, 0.2) is 0 Å². The number of carbonyl (C=O) groups is 3. The molecule has 142 valence electrons. The van der Waals surface area contributed by atoms with Crippen LogP contribution in [0, 0.1) is 11.7 Å². The van der Waals surface area contributed by atoms with Crippen LogP contribution < -0.4 is 0 Å². The predicted molar refractivity (Wildman–Crippen MR) is 96.3 cm³/mol. The summed E-state index contributed by atoms with van der Waals surface area (Å²) >= 11 is 1.27. The van der Waals surface area contributed by atoms with Crippen LogP contribution >= 0.6 is 11.8 Å². The first-order valence-electron chi connectivity index (χ1n) is 8.50. The van der Waals surface area contributed by atoms with Gasteiger partial charge >= 0.3 is 5.97 Å². The second-order valence-corrected chi connectivity index (χ2v) is 7.41. The average molecular weight is 382 g/mol. The number of thioether (sulfide) groups is 1. The summed E-state index contributed by atoms with van der Waals surface area (Å²) in [4.78, 5) is 38.8. The summed E-state index contributed by atoms with van der Waals surface area (Å²) in [6, 6.07) is 6.40. The number of aliphatic carboxylic acids is 1. The van der Waals surface area contributed by atoms with Crippen molar-refractivity contribution in [2.75, 3.05) is 32.4 Å². The van der Waals surface area contributed by atoms with Crippen LogP contribution in [0.1, 0.15) is 19.3 Å². The quantitative estimate of drug-likeness (QED) is 0.731. The van der Waals surface area contributed by atoms with Crippen molar-refractivity contribution < 1.29 is 23.9 Å². The van der Waals surface area contributed by atoms with Crippen molar-refractivity contribution in [3.05, 3.63) is 30.1 Å². The lowest BCUT2D eigenvalue weighted by Crippen LogP contribution is -2.45. The fraction of sp³-hybridized carbons (Fsp3) is 0.500. The fourth-order valence-corrected chi connectivity index (χ4v) is 3.65. The average Bonchev–Trinajstić information content (AvgIpc) is 2.63. The molecule has 1 fully saturated rings. The first-order chi connectivity index (χ1) is 12.4. The van der Waals surface area contributed by atoms with E-state index in [1.54, 1.807) is 30.1 Å². The minimum Gasteiger partial charge on any atom is -0.481 e. The molecule has 8 heteroatoms. The van der Waals surface area contributed by atoms with E-state index in [4.69, 9.17) is 5.11 Å². The lowest BCUT2D eigenvalue weighted by molar-refractivity contribution is -0.146. The molecule has 0 atom stereocenters. The molecule has 1 heterocycles. The van der Waals surface area contributed by atoms with Crippen molar-refractivity contribution in [3.8, 4) is 0 Å². The molecule has 0 bridgehead atoms. The number of benzene rings is 1. The van der Waals surface area contributed by atoms with E-state index in [1.165, 1.54) is 22.7 Å². The van der Waals surface area contributed by atoms with E-state index in [2.05, 4.69) is 0 Å². The van der Waals surface area contributed by atoms with Gasteiger partial charge in [-0.2, -0.15) is 0 Å². The number of carboxylic acid groups (broad SMARTS) is 1. The highest BCUT2D eigenvalue weighted by atomic mass is 32.2. The molecule has 2 rings (SSSR count). The number of likely N-dealkylation sites (N-methyl/N-ethyl adjacent to an activating group) is 1. The Kier molecular flexibility index (Phi) is 7.44. The molecule has 1 N–H and O–H groups in total. The molecule has 2 amide bonds. The molecule has 1 aliphatic heterocycles. The molecule has 1 aromatic rings. The molecule has 1 aliphatic rings. The van der Waals surface area contributed by atoms with Gasteiger partial charge in [-0.25, -0.2) is 4.39 Å². The number of piperidine rings is 1. The highest BCUT2D eigenvalue weighted by Crippen LogP contribution is 2.22. The van der Waals surface area contributed by atoms with E-state index in [1.807, 2.05) is 0 Å². The van der Waals surface area contributed by atoms with Gasteiger partial charge in [-0.3, -0.25) is 14.4 Å². The Balaban J connectivity index is 1.72. The van der Waals surface area contributed by atoms with E-state index >= 15 is 0 Å². The van der Waals surface area contributed by atoms with Crippen LogP contribution in [-0.2, 0) is 14.4 Å². The molecule has 6 nitrogen and oxygen atoms in total. The lowest BCUT2D eigenvalue weighted by Gasteiger charge is -2.31. The van der Waals surface area contributed by atoms with Crippen LogP contribution in [0.5, 0.6) is 0 Å². The maximum Gasteiger partial charge on any atom is 0.306 e. The molecule has 0 unspecified atom stereocenters. The minimum absolute atomic E-state index is 0.0268. The molecule has 0 aliphatic carbocycles. The normalized spacial score (nSPS) is 14.9. The molecule has 0 saturated carbocycles. The molecular weight excluding hydrogens is 359 g/mol. The third-order valence-electron chi connectivity index (χ3n) is 4.41. The van der Waals surface area contributed by atoms with Crippen molar-refractivity contribution in [1.29, 1.82) is 0 Å². The number of halogens is 1. The van der Waals surface area contributed by atoms with Crippen molar-refractivity contribution in [1.82, 2.24) is 9.80 Å². The highest BCUT2D eigenvalue weighted by molar-refractivity contribution is 7.99. The SMILES string of the molecule is CN(CC(=O)N1CCC(C(=O)O)CC1)C(=O)CCSc1ccccc1F. The van der Waals surface area contributed by atoms with Crippen molar-refractivity contribution in [2.45, 2.75) is 24.2 Å². The van der Waals surface area contributed by atoms with E-state index in [9.17, 15) is 18.8 Å². The zero-order valence-corrected chi connectivity index (χ0v) is 15.5. The third kappa shape index (κ3) is 5.72. The molecule has 26 heavy (non-hydrogen) atoms. The van der Waals surface area contributed by atoms with Gasteiger partial charge in [0, 0.05) is 37.2 Å². The lowest BCUT2D eigenvalue weighted by atomic mass is 9.97. The van der Waals surface area contributed by atoms with E-state index in [0.717, 1.165) is 0 Å². The molecule has 1 aromatic carbocycles. The Morgan fingerprint density at radius 2 is 1.92 bits per heavy atom. The Morgan fingerprint density at radius 1 is 1.27 bits per heavy atom. The third-order valence-corrected chi connectivity index (χ3v) is 5.46. The topological polar surface area (TPSA) is 77.9 Å². The second-order valence-electron chi connectivity index (χ2n) is 6.27. The highest BCUT2D eigenvalue weighted by Gasteiger charge is 2.27. The van der Waals surface area contributed by atoms with Gasteiger partial charge in [-0.05, 0) is 25.0 Å². The first kappa shape index (κ1) is 20.2. The molecule has 1 saturated heterocycles. The number of hydrogen-bond donors (Lipinski definition) is 1. The zero-order chi connectivity index (χ0) is 19.1. The minimum atomic E-state index is -0.822. The Hall–Kier alpha value is -2.09. The van der Waals surface area contributed by atoms with Crippen LogP contribution in [0.2, 0.25) is 0 Å². The fourth-order valence-electron chi connectivity index (χ4n) is 2.77. The summed E-state index contributed by atoms with van der Waals surface area (Å²) in [5, 5.41) is 8.98. The smallest absolute Gasteiger partial charge is 0.306 e. The van der Waals surface area contributed by atoms with Crippen molar-refractivity contribution in [2.24, 2.45) is 5.92 Å². The number of rotatable bonds is 7. The number of nitrogens with zero attached hydrogens (tertiary/aromatic N) is 2. The summed E-state index contributed by atoms with van der Waals surface area (Å²) in [5.41, 5.74) is 0. The molecular formula is C18H23FN2O4S. The Morgan fingerprint density at radius 3 is 2.54 bits per heavy atom. The number of likely N-dealkylation sites (tertiary alicyclic amines) is 1. The summed E-state index contributed by atoms with van der Waals surface area (Å²) in [6.07, 6.45) is 1.10. The van der Waals surface area contributed by atoms with Crippen LogP contribution in [-0.4, -0.2) is 65.1 Å². The Bertz CT molecular complexity index is 662. The second kappa shape index (κ2) is 9.56. The van der Waals surface area contributed by atoms with Gasteiger partial charge in [0.1, 0.15) is 5.82 Å². The van der Waals surface area contributed by atoms with Crippen molar-refractivity contribution >= 4 is 29.5 Å². The maximum atomic E-state index is 13.5. The molecule has 0 spiro atoms. The largest absolute Gasteiger partial charge is 0.481 e. The summed E-state index contributed by atoms with van der Waals surface area (Å²) < 4.78 is 13.5. The maximum absolute atomic E-state index is 13.5. The summed E-state index contributed by atoms with van der Waals surface area (Å²) in [6.45, 7) is 0.781. The van der Waals surface area contributed by atoms with Gasteiger partial charge in [0.05, 0.1) is 12.5 Å². The first-order valence-corrected chi connectivity index (χ1v) is 9.49. The standard InChI is InChI=1S/C18H23FN2O4S/c1-20(12-17(23)21-9-6-13(7-10-21)18(24)25)16(22)8-11-26-15-5-3-2-4-14(15)19/h2-5,13H,6-12H2,1H3,(H,24,25). The van der Waals surface area contributed by atoms with Gasteiger partial charge in [0.2, 0.25) is 11.8 Å². The molecule has 0 radical (unpaired) electrons. The summed E-state index contributed by atoms with van der Waals surface area (Å²) in [5.74, 6) is -1.44. The number of carbonyl (C=O) groups excluding carboxylic acids is 2. The zero-order valence-electron chi connectivity index (χ0n) is 14.7. The van der Waals surface area contributed by atoms with Crippen LogP contribution in [0.3, 0.4) is 0 Å². The van der Waals surface area contributed by atoms with Gasteiger partial charge in [-0.15, -0.1) is 11.8 Å². The number of carboxylic acids is 1. The summed E-state index contributed by atoms with van der Waals surface area (Å²) in [7, 11) is 1.57. The van der Waals surface area contributed by atoms with E-state index in [0.29, 0.717) is 36.6 Å². The van der Waals surface area contributed by atoms with Gasteiger partial charge < -0.3 is 14.9 Å². The van der Waals surface area contributed by atoms with Gasteiger partial charge in [-0.1, -0.05) is 12.1 Å². The van der Waals surface area contributed by atoms with E-state index in [-0.39, 0.29) is 30.6 Å². The monoisotopic (exact) mass is 382 g/mol. The Labute approximate surface area is 156 Å². The number of hydrogen-bond acceptors (Lipinski definition) is 4. The van der Waals surface area contributed by atoms with Crippen molar-refractivity contribution in [3.63, 3.8) is 0 Å². The van der Waals surface area contributed by atoms with Crippen LogP contribution in [0.4, 0.5) is 4.39 Å². The van der Waals surface area contributed by atoms with E-state index < -0.39 is 11.9 Å². The van der Waals surface area contributed by atoms with Crippen LogP contribution in [0.25, 0.3) is 0 Å². The number of amides is 2. The molecule has 0 aromatic heterocycles.